The molecule has 0 aliphatic heterocycles. The first-order chi connectivity index (χ1) is 11.2. The predicted octanol–water partition coefficient (Wildman–Crippen LogP) is 3.07. The van der Waals surface area contributed by atoms with Crippen LogP contribution < -0.4 is 20.5 Å². The van der Waals surface area contributed by atoms with Gasteiger partial charge in [0.15, 0.2) is 0 Å². The highest BCUT2D eigenvalue weighted by molar-refractivity contribution is 6.04. The van der Waals surface area contributed by atoms with E-state index in [4.69, 9.17) is 15.2 Å². The molecule has 0 fully saturated rings. The van der Waals surface area contributed by atoms with E-state index in [1.165, 1.54) is 0 Å². The van der Waals surface area contributed by atoms with Gasteiger partial charge in [0, 0.05) is 17.8 Å². The van der Waals surface area contributed by atoms with Crippen molar-refractivity contribution in [3.63, 3.8) is 0 Å². The molecule has 0 aromatic heterocycles. The summed E-state index contributed by atoms with van der Waals surface area (Å²) in [5.41, 5.74) is 6.65. The Morgan fingerprint density at radius 3 is 2.48 bits per heavy atom. The smallest absolute Gasteiger partial charge is 0.255 e. The van der Waals surface area contributed by atoms with E-state index in [2.05, 4.69) is 5.32 Å². The first-order valence-corrected chi connectivity index (χ1v) is 7.70. The molecule has 2 aromatic rings. The number of ether oxygens (including phenoxy) is 2. The number of anilines is 1. The first kappa shape index (κ1) is 16.8. The maximum absolute atomic E-state index is 12.3. The Morgan fingerprint density at radius 1 is 1.04 bits per heavy atom. The van der Waals surface area contributed by atoms with Gasteiger partial charge in [0.05, 0.1) is 6.61 Å². The van der Waals surface area contributed by atoms with Gasteiger partial charge in [-0.2, -0.15) is 0 Å². The summed E-state index contributed by atoms with van der Waals surface area (Å²) in [6.07, 6.45) is 0.926. The van der Waals surface area contributed by atoms with E-state index < -0.39 is 0 Å². The summed E-state index contributed by atoms with van der Waals surface area (Å²) in [5, 5.41) is 2.85. The van der Waals surface area contributed by atoms with Gasteiger partial charge in [-0.3, -0.25) is 4.79 Å². The van der Waals surface area contributed by atoms with Gasteiger partial charge in [-0.25, -0.2) is 0 Å². The lowest BCUT2D eigenvalue weighted by atomic mass is 10.2. The molecular formula is C18H22N2O3. The summed E-state index contributed by atoms with van der Waals surface area (Å²) < 4.78 is 10.9. The molecule has 2 rings (SSSR count). The number of amides is 1. The summed E-state index contributed by atoms with van der Waals surface area (Å²) >= 11 is 0. The van der Waals surface area contributed by atoms with Crippen LogP contribution in [0, 0.1) is 0 Å². The van der Waals surface area contributed by atoms with Crippen molar-refractivity contribution in [3.05, 3.63) is 54.1 Å². The Labute approximate surface area is 136 Å². The molecule has 0 unspecified atom stereocenters. The number of carbonyl (C=O) groups excluding carboxylic acids is 1. The van der Waals surface area contributed by atoms with Gasteiger partial charge in [-0.15, -0.1) is 0 Å². The summed E-state index contributed by atoms with van der Waals surface area (Å²) in [5.74, 6) is 1.25. The van der Waals surface area contributed by atoms with Crippen LogP contribution in [0.4, 0.5) is 5.69 Å². The molecule has 2 aromatic carbocycles. The zero-order valence-electron chi connectivity index (χ0n) is 13.2. The van der Waals surface area contributed by atoms with E-state index in [-0.39, 0.29) is 5.91 Å². The lowest BCUT2D eigenvalue weighted by molar-refractivity contribution is 0.102. The molecule has 5 nitrogen and oxygen atoms in total. The van der Waals surface area contributed by atoms with Gasteiger partial charge in [0.2, 0.25) is 0 Å². The molecular weight excluding hydrogens is 292 g/mol. The summed E-state index contributed by atoms with van der Waals surface area (Å²) in [7, 11) is 0. The normalized spacial score (nSPS) is 10.2. The SMILES string of the molecule is CCCOc1cccc(C(=O)Nc2ccc(OCCN)cc2)c1. The minimum Gasteiger partial charge on any atom is -0.494 e. The summed E-state index contributed by atoms with van der Waals surface area (Å²) in [6.45, 7) is 3.61. The highest BCUT2D eigenvalue weighted by Gasteiger charge is 2.07. The topological polar surface area (TPSA) is 73.6 Å². The molecule has 0 saturated heterocycles. The van der Waals surface area contributed by atoms with Gasteiger partial charge >= 0.3 is 0 Å². The molecule has 0 atom stereocenters. The zero-order valence-corrected chi connectivity index (χ0v) is 13.2. The van der Waals surface area contributed by atoms with Crippen LogP contribution in [0.3, 0.4) is 0 Å². The molecule has 0 spiro atoms. The quantitative estimate of drug-likeness (QED) is 0.785. The first-order valence-electron chi connectivity index (χ1n) is 7.70. The van der Waals surface area contributed by atoms with Crippen LogP contribution in [0.2, 0.25) is 0 Å². The molecule has 23 heavy (non-hydrogen) atoms. The highest BCUT2D eigenvalue weighted by Crippen LogP contribution is 2.18. The van der Waals surface area contributed by atoms with Crippen molar-refractivity contribution in [2.24, 2.45) is 5.73 Å². The second kappa shape index (κ2) is 8.80. The minimum absolute atomic E-state index is 0.178. The molecule has 0 saturated carbocycles. The maximum Gasteiger partial charge on any atom is 0.255 e. The number of hydrogen-bond acceptors (Lipinski definition) is 4. The van der Waals surface area contributed by atoms with Crippen LogP contribution in [0.1, 0.15) is 23.7 Å². The maximum atomic E-state index is 12.3. The Balaban J connectivity index is 1.98. The van der Waals surface area contributed by atoms with Gasteiger partial charge in [-0.05, 0) is 48.9 Å². The summed E-state index contributed by atoms with van der Waals surface area (Å²) in [4.78, 5) is 12.3. The monoisotopic (exact) mass is 314 g/mol. The van der Waals surface area contributed by atoms with Crippen molar-refractivity contribution in [3.8, 4) is 11.5 Å². The van der Waals surface area contributed by atoms with Crippen molar-refractivity contribution in [2.75, 3.05) is 25.1 Å². The van der Waals surface area contributed by atoms with Crippen LogP contribution in [0.25, 0.3) is 0 Å². The molecule has 3 N–H and O–H groups in total. The number of carbonyl (C=O) groups is 1. The van der Waals surface area contributed by atoms with Crippen LogP contribution in [0.15, 0.2) is 48.5 Å². The molecule has 0 aliphatic rings. The van der Waals surface area contributed by atoms with Crippen molar-refractivity contribution in [2.45, 2.75) is 13.3 Å². The average Bonchev–Trinajstić information content (AvgIpc) is 2.59. The number of nitrogens with one attached hydrogen (secondary N) is 1. The standard InChI is InChI=1S/C18H22N2O3/c1-2-11-22-17-5-3-4-14(13-17)18(21)20-15-6-8-16(9-7-15)23-12-10-19/h3-9,13H,2,10-12,19H2,1H3,(H,20,21). The van der Waals surface area contributed by atoms with Crippen molar-refractivity contribution in [1.29, 1.82) is 0 Å². The van der Waals surface area contributed by atoms with Crippen LogP contribution in [-0.2, 0) is 0 Å². The number of benzene rings is 2. The number of hydrogen-bond donors (Lipinski definition) is 2. The number of nitrogens with two attached hydrogens (primary N) is 1. The van der Waals surface area contributed by atoms with Crippen LogP contribution in [0.5, 0.6) is 11.5 Å². The average molecular weight is 314 g/mol. The zero-order chi connectivity index (χ0) is 16.5. The van der Waals surface area contributed by atoms with Crippen molar-refractivity contribution in [1.82, 2.24) is 0 Å². The molecule has 0 radical (unpaired) electrons. The largest absolute Gasteiger partial charge is 0.494 e. The van der Waals surface area contributed by atoms with E-state index in [9.17, 15) is 4.79 Å². The van der Waals surface area contributed by atoms with E-state index >= 15 is 0 Å². The summed E-state index contributed by atoms with van der Waals surface area (Å²) in [6, 6.07) is 14.3. The third-order valence-corrected chi connectivity index (χ3v) is 3.07. The number of rotatable bonds is 8. The van der Waals surface area contributed by atoms with Crippen molar-refractivity contribution >= 4 is 11.6 Å². The highest BCUT2D eigenvalue weighted by atomic mass is 16.5. The van der Waals surface area contributed by atoms with E-state index in [1.54, 1.807) is 36.4 Å². The van der Waals surface area contributed by atoms with Crippen LogP contribution >= 0.6 is 0 Å². The van der Waals surface area contributed by atoms with E-state index in [0.29, 0.717) is 36.8 Å². The fraction of sp³-hybridized carbons (Fsp3) is 0.278. The second-order valence-corrected chi connectivity index (χ2v) is 4.99. The third-order valence-electron chi connectivity index (χ3n) is 3.07. The Morgan fingerprint density at radius 2 is 1.78 bits per heavy atom. The van der Waals surface area contributed by atoms with Crippen LogP contribution in [-0.4, -0.2) is 25.7 Å². The molecule has 5 heteroatoms. The van der Waals surface area contributed by atoms with Crippen molar-refractivity contribution < 1.29 is 14.3 Å². The lowest BCUT2D eigenvalue weighted by Gasteiger charge is -2.09. The van der Waals surface area contributed by atoms with Gasteiger partial charge < -0.3 is 20.5 Å². The molecule has 0 heterocycles. The Bertz CT molecular complexity index is 626. The third kappa shape index (κ3) is 5.30. The predicted molar refractivity (Wildman–Crippen MR) is 91.2 cm³/mol. The van der Waals surface area contributed by atoms with Gasteiger partial charge in [0.25, 0.3) is 5.91 Å². The van der Waals surface area contributed by atoms with Gasteiger partial charge in [0.1, 0.15) is 18.1 Å². The molecule has 0 aliphatic carbocycles. The fourth-order valence-electron chi connectivity index (χ4n) is 1.96. The molecule has 122 valence electrons. The van der Waals surface area contributed by atoms with E-state index in [1.807, 2.05) is 19.1 Å². The Hall–Kier alpha value is -2.53. The molecule has 0 bridgehead atoms. The molecule has 1 amide bonds. The fourth-order valence-corrected chi connectivity index (χ4v) is 1.96. The van der Waals surface area contributed by atoms with Gasteiger partial charge in [-0.1, -0.05) is 13.0 Å². The lowest BCUT2D eigenvalue weighted by Crippen LogP contribution is -2.12. The van der Waals surface area contributed by atoms with E-state index in [0.717, 1.165) is 12.2 Å². The Kier molecular flexibility index (Phi) is 6.44. The second-order valence-electron chi connectivity index (χ2n) is 4.99. The minimum atomic E-state index is -0.178.